The summed E-state index contributed by atoms with van der Waals surface area (Å²) in [6.45, 7) is 4.36. The van der Waals surface area contributed by atoms with Crippen molar-refractivity contribution in [1.29, 1.82) is 0 Å². The molecular formula is C39H46N4O5. The van der Waals surface area contributed by atoms with Gasteiger partial charge >= 0.3 is 5.97 Å². The number of nitrogens with zero attached hydrogens (tertiary/aromatic N) is 1. The van der Waals surface area contributed by atoms with Crippen molar-refractivity contribution >= 4 is 28.2 Å². The van der Waals surface area contributed by atoms with E-state index >= 15 is 0 Å². The van der Waals surface area contributed by atoms with E-state index in [-0.39, 0.29) is 36.4 Å². The number of hydrogen-bond donors (Lipinski definition) is 4. The van der Waals surface area contributed by atoms with Crippen LogP contribution in [0, 0.1) is 5.92 Å². The molecule has 4 heterocycles. The van der Waals surface area contributed by atoms with Gasteiger partial charge in [-0.05, 0) is 84.6 Å². The van der Waals surface area contributed by atoms with Crippen molar-refractivity contribution in [2.75, 3.05) is 19.0 Å². The van der Waals surface area contributed by atoms with Crippen molar-refractivity contribution < 1.29 is 24.2 Å². The van der Waals surface area contributed by atoms with E-state index in [1.807, 2.05) is 12.1 Å². The third-order valence-corrected chi connectivity index (χ3v) is 9.71. The number of methoxy groups -OCH3 is 1. The van der Waals surface area contributed by atoms with E-state index in [0.29, 0.717) is 18.1 Å². The highest BCUT2D eigenvalue weighted by Gasteiger charge is 2.25. The molecule has 0 spiro atoms. The van der Waals surface area contributed by atoms with E-state index in [1.165, 1.54) is 30.7 Å². The Morgan fingerprint density at radius 2 is 1.90 bits per heavy atom. The van der Waals surface area contributed by atoms with Gasteiger partial charge in [-0.15, -0.1) is 0 Å². The number of fused-ring (bicyclic) bond motifs is 3. The fraction of sp³-hybridized carbons (Fsp3) is 0.385. The van der Waals surface area contributed by atoms with Gasteiger partial charge in [-0.2, -0.15) is 0 Å². The number of aromatic hydroxyl groups is 1. The zero-order chi connectivity index (χ0) is 33.6. The largest absolute Gasteiger partial charge is 0.504 e. The highest BCUT2D eigenvalue weighted by atomic mass is 16.5. The molecule has 4 aromatic rings. The molecule has 0 aliphatic carbocycles. The number of dihydropyridines is 1. The van der Waals surface area contributed by atoms with Gasteiger partial charge in [-0.1, -0.05) is 37.6 Å². The number of anilines is 1. The zero-order valence-corrected chi connectivity index (χ0v) is 28.1. The Kier molecular flexibility index (Phi) is 10.2. The molecule has 2 aliphatic heterocycles. The van der Waals surface area contributed by atoms with Gasteiger partial charge < -0.3 is 34.8 Å². The summed E-state index contributed by atoms with van der Waals surface area (Å²) in [6.07, 6.45) is 17.9. The number of esters is 1. The zero-order valence-electron chi connectivity index (χ0n) is 28.1. The van der Waals surface area contributed by atoms with Crippen LogP contribution in [-0.4, -0.2) is 46.2 Å². The van der Waals surface area contributed by atoms with Crippen LogP contribution in [0.25, 0.3) is 10.8 Å². The topological polar surface area (TPSA) is 118 Å². The Morgan fingerprint density at radius 3 is 2.71 bits per heavy atom. The molecule has 2 aromatic heterocycles. The number of H-pyrrole nitrogens is 1. The predicted molar refractivity (Wildman–Crippen MR) is 188 cm³/mol. The Balaban J connectivity index is 1.39. The molecule has 2 aromatic carbocycles. The summed E-state index contributed by atoms with van der Waals surface area (Å²) in [6, 6.07) is 11.0. The van der Waals surface area contributed by atoms with E-state index in [0.717, 1.165) is 66.5 Å². The van der Waals surface area contributed by atoms with Crippen LogP contribution in [0.2, 0.25) is 0 Å². The van der Waals surface area contributed by atoms with Gasteiger partial charge in [0.25, 0.3) is 0 Å². The van der Waals surface area contributed by atoms with Crippen LogP contribution in [0.1, 0.15) is 75.1 Å². The number of aromatic amines is 1. The van der Waals surface area contributed by atoms with E-state index in [9.17, 15) is 14.7 Å². The predicted octanol–water partition coefficient (Wildman–Crippen LogP) is 7.33. The first-order valence-electron chi connectivity index (χ1n) is 17.0. The summed E-state index contributed by atoms with van der Waals surface area (Å²) in [5.74, 6) is 1.35. The number of ketones is 1. The average Bonchev–Trinajstić information content (AvgIpc) is 3.71. The van der Waals surface area contributed by atoms with Crippen LogP contribution in [0.4, 0.5) is 5.69 Å². The van der Waals surface area contributed by atoms with Crippen LogP contribution in [-0.2, 0) is 27.2 Å². The number of hydrogen-bond acceptors (Lipinski definition) is 7. The molecular weight excluding hydrogens is 604 g/mol. The lowest BCUT2D eigenvalue weighted by molar-refractivity contribution is -0.148. The van der Waals surface area contributed by atoms with Gasteiger partial charge in [0.1, 0.15) is 17.7 Å². The lowest BCUT2D eigenvalue weighted by Gasteiger charge is -2.23. The van der Waals surface area contributed by atoms with Gasteiger partial charge in [-0.3, -0.25) is 9.59 Å². The van der Waals surface area contributed by atoms with Crippen LogP contribution in [0.15, 0.2) is 84.7 Å². The maximum Gasteiger partial charge on any atom is 0.302 e. The summed E-state index contributed by atoms with van der Waals surface area (Å²) in [4.78, 5) is 29.4. The second-order valence-electron chi connectivity index (χ2n) is 13.0. The minimum Gasteiger partial charge on any atom is -0.504 e. The fourth-order valence-electron chi connectivity index (χ4n) is 7.06. The van der Waals surface area contributed by atoms with Gasteiger partial charge in [0.2, 0.25) is 0 Å². The normalized spacial score (nSPS) is 20.8. The number of aromatic nitrogens is 2. The van der Waals surface area contributed by atoms with E-state index in [4.69, 9.17) is 9.47 Å². The van der Waals surface area contributed by atoms with Gasteiger partial charge in [0.15, 0.2) is 11.5 Å². The third-order valence-electron chi connectivity index (χ3n) is 9.71. The van der Waals surface area contributed by atoms with Crippen molar-refractivity contribution in [2.24, 2.45) is 5.92 Å². The van der Waals surface area contributed by atoms with Crippen LogP contribution < -0.4 is 15.4 Å². The number of nitrogens with one attached hydrogen (secondary N) is 3. The van der Waals surface area contributed by atoms with E-state index in [2.05, 4.69) is 76.2 Å². The van der Waals surface area contributed by atoms with Crippen LogP contribution >= 0.6 is 0 Å². The maximum absolute atomic E-state index is 13.9. The molecule has 0 saturated carbocycles. The molecule has 2 aliphatic rings. The standard InChI is InChI=1S/C39H46N4O5/c1-4-26-9-12-33(48-25(2)44)19-32(45)20-36(28-11-13-37(46)38(18-28)47-3)43-23-30-6-5-7-35(34(30)24-43)42-39-17-27(14-15-41-39)8-10-29-21-40-22-31(29)16-26/h5-7,11,13-14,17-18,21-24,26,33,36,40-42,46H,4,8-10,12,15-16,19-20H2,1-3H3/t26-,33+,36+/m0/s1. The van der Waals surface area contributed by atoms with Crippen LogP contribution in [0.3, 0.4) is 0 Å². The molecule has 48 heavy (non-hydrogen) atoms. The minimum absolute atomic E-state index is 0.00265. The fourth-order valence-corrected chi connectivity index (χ4v) is 7.06. The number of Topliss-reactive ketones (excluding diaryl/α,β-unsaturated/α-hetero) is 1. The molecule has 3 atom stereocenters. The highest BCUT2D eigenvalue weighted by molar-refractivity contribution is 5.94. The molecule has 0 saturated heterocycles. The molecule has 0 fully saturated rings. The molecule has 9 heteroatoms. The monoisotopic (exact) mass is 650 g/mol. The summed E-state index contributed by atoms with van der Waals surface area (Å²) in [5, 5.41) is 19.5. The van der Waals surface area contributed by atoms with E-state index < -0.39 is 6.10 Å². The Bertz CT molecular complexity index is 1830. The number of benzene rings is 2. The summed E-state index contributed by atoms with van der Waals surface area (Å²) >= 11 is 0. The van der Waals surface area contributed by atoms with E-state index in [1.54, 1.807) is 12.1 Å². The molecule has 9 nitrogen and oxygen atoms in total. The Morgan fingerprint density at radius 1 is 1.04 bits per heavy atom. The molecule has 0 unspecified atom stereocenters. The third kappa shape index (κ3) is 7.78. The SMILES string of the molecule is CC[C@H]1CC[C@@H](OC(C)=O)CC(=O)C[C@H](c2ccc(O)c(OC)c2)n2cc3cccc(c3c2)NC2=CC(=CCN2)CCc2c[nH]cc2C1. The second kappa shape index (κ2) is 14.9. The van der Waals surface area contributed by atoms with Crippen molar-refractivity contribution in [3.63, 3.8) is 0 Å². The number of carbonyl (C=O) groups is 2. The molecule has 252 valence electrons. The Hall–Kier alpha value is -4.92. The number of ether oxygens (including phenoxy) is 2. The number of phenols is 1. The Labute approximate surface area is 282 Å². The lowest BCUT2D eigenvalue weighted by atomic mass is 9.89. The van der Waals surface area contributed by atoms with Crippen molar-refractivity contribution in [3.8, 4) is 11.5 Å². The smallest absolute Gasteiger partial charge is 0.302 e. The minimum atomic E-state index is -0.496. The average molecular weight is 651 g/mol. The summed E-state index contributed by atoms with van der Waals surface area (Å²) in [7, 11) is 1.51. The second-order valence-corrected chi connectivity index (χ2v) is 13.0. The maximum atomic E-state index is 13.9. The number of aryl methyl sites for hydroxylation is 1. The summed E-state index contributed by atoms with van der Waals surface area (Å²) < 4.78 is 13.3. The number of phenolic OH excluding ortho intramolecular Hbond substituents is 1. The van der Waals surface area contributed by atoms with Crippen LogP contribution in [0.5, 0.6) is 11.5 Å². The first-order valence-corrected chi connectivity index (χ1v) is 17.0. The number of allylic oxidation sites excluding steroid dienone is 2. The molecule has 4 N–H and O–H groups in total. The summed E-state index contributed by atoms with van der Waals surface area (Å²) in [5.41, 5.74) is 5.73. The highest BCUT2D eigenvalue weighted by Crippen LogP contribution is 2.35. The van der Waals surface area contributed by atoms with Crippen molar-refractivity contribution in [2.45, 2.75) is 77.4 Å². The lowest BCUT2D eigenvalue weighted by Crippen LogP contribution is -2.24. The first kappa shape index (κ1) is 33.0. The van der Waals surface area contributed by atoms with Gasteiger partial charge in [-0.25, -0.2) is 0 Å². The van der Waals surface area contributed by atoms with Crippen molar-refractivity contribution in [3.05, 3.63) is 101 Å². The molecule has 0 radical (unpaired) electrons. The first-order chi connectivity index (χ1) is 23.3. The van der Waals surface area contributed by atoms with Crippen molar-refractivity contribution in [1.82, 2.24) is 14.9 Å². The number of carbonyl (C=O) groups excluding carboxylic acids is 2. The molecule has 6 rings (SSSR count). The number of rotatable bonds is 4. The molecule has 0 amide bonds. The van der Waals surface area contributed by atoms with Gasteiger partial charge in [0.05, 0.1) is 13.2 Å². The quantitative estimate of drug-likeness (QED) is 0.171. The molecule has 4 bridgehead atoms. The van der Waals surface area contributed by atoms with Gasteiger partial charge in [0, 0.05) is 67.6 Å².